The number of nitrogens with one attached hydrogen (secondary N) is 2. The van der Waals surface area contributed by atoms with Crippen LogP contribution in [0, 0.1) is 6.92 Å². The van der Waals surface area contributed by atoms with E-state index in [1.54, 1.807) is 0 Å². The van der Waals surface area contributed by atoms with Crippen molar-refractivity contribution in [1.29, 1.82) is 0 Å². The smallest absolute Gasteiger partial charge is 0.211 e. The van der Waals surface area contributed by atoms with Crippen LogP contribution < -0.4 is 10.0 Å². The third kappa shape index (κ3) is 7.03. The first-order chi connectivity index (χ1) is 9.55. The largest absolute Gasteiger partial charge is 0.317 e. The van der Waals surface area contributed by atoms with Crippen molar-refractivity contribution in [3.63, 3.8) is 0 Å². The molecule has 0 aliphatic carbocycles. The van der Waals surface area contributed by atoms with Gasteiger partial charge in [-0.25, -0.2) is 13.1 Å². The Kier molecular flexibility index (Phi) is 7.80. The molecule has 0 fully saturated rings. The van der Waals surface area contributed by atoms with Crippen LogP contribution in [0.5, 0.6) is 0 Å². The van der Waals surface area contributed by atoms with E-state index in [9.17, 15) is 8.42 Å². The molecule has 0 atom stereocenters. The Labute approximate surface area is 123 Å². The molecule has 0 aliphatic rings. The van der Waals surface area contributed by atoms with Crippen LogP contribution in [0.3, 0.4) is 0 Å². The fourth-order valence-electron chi connectivity index (χ4n) is 1.91. The maximum atomic E-state index is 11.9. The molecular weight excluding hydrogens is 272 g/mol. The van der Waals surface area contributed by atoms with Gasteiger partial charge in [0.05, 0.1) is 5.75 Å². The fraction of sp³-hybridized carbons (Fsp3) is 0.600. The Hall–Kier alpha value is -0.910. The predicted octanol–water partition coefficient (Wildman–Crippen LogP) is 2.19. The highest BCUT2D eigenvalue weighted by molar-refractivity contribution is 7.89. The quantitative estimate of drug-likeness (QED) is 0.651. The molecule has 0 radical (unpaired) electrons. The minimum Gasteiger partial charge on any atom is -0.317 e. The maximum Gasteiger partial charge on any atom is 0.211 e. The number of benzene rings is 1. The van der Waals surface area contributed by atoms with Crippen LogP contribution >= 0.6 is 0 Å². The Balaban J connectivity index is 2.26. The molecule has 4 nitrogen and oxygen atoms in total. The first-order valence-corrected chi connectivity index (χ1v) is 8.93. The van der Waals surface area contributed by atoms with Gasteiger partial charge in [0.25, 0.3) is 0 Å². The van der Waals surface area contributed by atoms with Crippen molar-refractivity contribution in [3.05, 3.63) is 35.4 Å². The second-order valence-corrected chi connectivity index (χ2v) is 6.95. The molecule has 5 heteroatoms. The third-order valence-corrected chi connectivity index (χ3v) is 4.60. The van der Waals surface area contributed by atoms with Gasteiger partial charge in [0.1, 0.15) is 0 Å². The summed E-state index contributed by atoms with van der Waals surface area (Å²) in [7, 11) is -3.17. The zero-order valence-corrected chi connectivity index (χ0v) is 13.3. The van der Waals surface area contributed by atoms with Gasteiger partial charge in [-0.1, -0.05) is 31.2 Å². The lowest BCUT2D eigenvalue weighted by Gasteiger charge is -2.09. The molecule has 2 N–H and O–H groups in total. The monoisotopic (exact) mass is 298 g/mol. The van der Waals surface area contributed by atoms with Gasteiger partial charge in [-0.15, -0.1) is 0 Å². The van der Waals surface area contributed by atoms with Crippen molar-refractivity contribution in [2.24, 2.45) is 0 Å². The van der Waals surface area contributed by atoms with Crippen molar-refractivity contribution in [2.45, 2.75) is 39.7 Å². The Morgan fingerprint density at radius 3 is 2.55 bits per heavy atom. The van der Waals surface area contributed by atoms with Crippen molar-refractivity contribution < 1.29 is 8.42 Å². The van der Waals surface area contributed by atoms with E-state index >= 15 is 0 Å². The number of aryl methyl sites for hydroxylation is 1. The first-order valence-electron chi connectivity index (χ1n) is 7.27. The van der Waals surface area contributed by atoms with Crippen LogP contribution in [0.2, 0.25) is 0 Å². The van der Waals surface area contributed by atoms with E-state index < -0.39 is 10.0 Å². The van der Waals surface area contributed by atoms with Crippen LogP contribution in [0.25, 0.3) is 0 Å². The van der Waals surface area contributed by atoms with Gasteiger partial charge in [-0.05, 0) is 50.4 Å². The summed E-state index contributed by atoms with van der Waals surface area (Å²) in [6.07, 6.45) is 2.70. The van der Waals surface area contributed by atoms with Crippen molar-refractivity contribution in [3.8, 4) is 0 Å². The molecule has 0 aromatic heterocycles. The molecular formula is C15H26N2O2S. The van der Waals surface area contributed by atoms with Crippen molar-refractivity contribution in [1.82, 2.24) is 10.0 Å². The molecule has 114 valence electrons. The van der Waals surface area contributed by atoms with E-state index in [2.05, 4.69) is 17.0 Å². The molecule has 1 rings (SSSR count). The Bertz CT molecular complexity index is 486. The van der Waals surface area contributed by atoms with E-state index in [-0.39, 0.29) is 5.75 Å². The zero-order chi connectivity index (χ0) is 14.8. The SMILES string of the molecule is CCCNCCCCS(=O)(=O)NCc1ccccc1C. The van der Waals surface area contributed by atoms with E-state index in [0.29, 0.717) is 13.0 Å². The molecule has 0 bridgehead atoms. The average molecular weight is 298 g/mol. The standard InChI is InChI=1S/C15H26N2O2S/c1-3-10-16-11-6-7-12-20(18,19)17-13-15-9-5-4-8-14(15)2/h4-5,8-9,16-17H,3,6-7,10-13H2,1-2H3. The predicted molar refractivity (Wildman–Crippen MR) is 84.2 cm³/mol. The number of sulfonamides is 1. The summed E-state index contributed by atoms with van der Waals surface area (Å²) in [4.78, 5) is 0. The fourth-order valence-corrected chi connectivity index (χ4v) is 3.02. The Morgan fingerprint density at radius 2 is 1.85 bits per heavy atom. The van der Waals surface area contributed by atoms with Crippen LogP contribution in [0.1, 0.15) is 37.3 Å². The number of hydrogen-bond donors (Lipinski definition) is 2. The minimum absolute atomic E-state index is 0.201. The van der Waals surface area contributed by atoms with Gasteiger partial charge in [0, 0.05) is 6.54 Å². The normalized spacial score (nSPS) is 11.7. The second kappa shape index (κ2) is 9.10. The van der Waals surface area contributed by atoms with E-state index in [1.165, 1.54) is 0 Å². The molecule has 1 aromatic carbocycles. The molecule has 0 heterocycles. The molecule has 0 saturated heterocycles. The molecule has 20 heavy (non-hydrogen) atoms. The third-order valence-electron chi connectivity index (χ3n) is 3.19. The first kappa shape index (κ1) is 17.1. The van der Waals surface area contributed by atoms with E-state index in [4.69, 9.17) is 0 Å². The lowest BCUT2D eigenvalue weighted by Crippen LogP contribution is -2.27. The molecule has 0 spiro atoms. The zero-order valence-electron chi connectivity index (χ0n) is 12.5. The summed E-state index contributed by atoms with van der Waals surface area (Å²) < 4.78 is 26.4. The summed E-state index contributed by atoms with van der Waals surface area (Å²) in [5.74, 6) is 0.201. The molecule has 0 unspecified atom stereocenters. The van der Waals surface area contributed by atoms with Gasteiger partial charge < -0.3 is 5.32 Å². The summed E-state index contributed by atoms with van der Waals surface area (Å²) >= 11 is 0. The van der Waals surface area contributed by atoms with Crippen LogP contribution in [0.4, 0.5) is 0 Å². The van der Waals surface area contributed by atoms with Crippen molar-refractivity contribution in [2.75, 3.05) is 18.8 Å². The summed E-state index contributed by atoms with van der Waals surface area (Å²) in [6.45, 7) is 6.37. The van der Waals surface area contributed by atoms with Gasteiger partial charge in [0.15, 0.2) is 0 Å². The van der Waals surface area contributed by atoms with Gasteiger partial charge in [-0.2, -0.15) is 0 Å². The topological polar surface area (TPSA) is 58.2 Å². The molecule has 0 aliphatic heterocycles. The highest BCUT2D eigenvalue weighted by Crippen LogP contribution is 2.07. The van der Waals surface area contributed by atoms with E-state index in [1.807, 2.05) is 31.2 Å². The van der Waals surface area contributed by atoms with Crippen LogP contribution in [-0.2, 0) is 16.6 Å². The van der Waals surface area contributed by atoms with Crippen molar-refractivity contribution >= 4 is 10.0 Å². The molecule has 0 amide bonds. The van der Waals surface area contributed by atoms with E-state index in [0.717, 1.165) is 37.1 Å². The van der Waals surface area contributed by atoms with Gasteiger partial charge in [-0.3, -0.25) is 0 Å². The van der Waals surface area contributed by atoms with Crippen LogP contribution in [0.15, 0.2) is 24.3 Å². The minimum atomic E-state index is -3.17. The number of unbranched alkanes of at least 4 members (excludes halogenated alkanes) is 1. The highest BCUT2D eigenvalue weighted by atomic mass is 32.2. The lowest BCUT2D eigenvalue weighted by atomic mass is 10.1. The second-order valence-electron chi connectivity index (χ2n) is 5.02. The van der Waals surface area contributed by atoms with Gasteiger partial charge >= 0.3 is 0 Å². The summed E-state index contributed by atoms with van der Waals surface area (Å²) in [6, 6.07) is 7.82. The summed E-state index contributed by atoms with van der Waals surface area (Å²) in [5.41, 5.74) is 2.14. The highest BCUT2D eigenvalue weighted by Gasteiger charge is 2.09. The maximum absolute atomic E-state index is 11.9. The summed E-state index contributed by atoms with van der Waals surface area (Å²) in [5, 5.41) is 3.27. The molecule has 0 saturated carbocycles. The van der Waals surface area contributed by atoms with Gasteiger partial charge in [0.2, 0.25) is 10.0 Å². The number of rotatable bonds is 10. The number of hydrogen-bond acceptors (Lipinski definition) is 3. The lowest BCUT2D eigenvalue weighted by molar-refractivity contribution is 0.572. The molecule has 1 aromatic rings. The average Bonchev–Trinajstić information content (AvgIpc) is 2.42. The Morgan fingerprint density at radius 1 is 1.10 bits per heavy atom. The van der Waals surface area contributed by atoms with Crippen LogP contribution in [-0.4, -0.2) is 27.3 Å².